The van der Waals surface area contributed by atoms with Gasteiger partial charge < -0.3 is 10.3 Å². The van der Waals surface area contributed by atoms with Crippen LogP contribution in [0.4, 0.5) is 5.69 Å². The van der Waals surface area contributed by atoms with Gasteiger partial charge in [0.15, 0.2) is 0 Å². The number of anilines is 1. The minimum atomic E-state index is -3.97. The summed E-state index contributed by atoms with van der Waals surface area (Å²) in [6, 6.07) is 12.1. The van der Waals surface area contributed by atoms with E-state index in [1.54, 1.807) is 12.1 Å². The largest absolute Gasteiger partial charge is 0.324 e. The molecule has 1 unspecified atom stereocenters. The molecule has 3 N–H and O–H groups in total. The van der Waals surface area contributed by atoms with Crippen molar-refractivity contribution in [3.63, 3.8) is 0 Å². The molecule has 3 aromatic rings. The molecule has 2 aromatic carbocycles. The van der Waals surface area contributed by atoms with Crippen molar-refractivity contribution in [3.05, 3.63) is 70.0 Å². The summed E-state index contributed by atoms with van der Waals surface area (Å²) in [6.07, 6.45) is 0.344. The van der Waals surface area contributed by atoms with Gasteiger partial charge >= 0.3 is 0 Å². The second-order valence-corrected chi connectivity index (χ2v) is 9.90. The molecule has 0 aliphatic rings. The number of hydrogen-bond acceptors (Lipinski definition) is 4. The second-order valence-electron chi connectivity index (χ2n) is 8.18. The number of benzene rings is 2. The van der Waals surface area contributed by atoms with Crippen LogP contribution in [0.2, 0.25) is 0 Å². The van der Waals surface area contributed by atoms with Crippen molar-refractivity contribution in [1.82, 2.24) is 9.71 Å². The zero-order valence-electron chi connectivity index (χ0n) is 18.0. The Morgan fingerprint density at radius 1 is 1.03 bits per heavy atom. The molecule has 1 amide bonds. The number of fused-ring (bicyclic) bond motifs is 1. The number of carbonyl (C=O) groups excluding carboxylic acids is 1. The lowest BCUT2D eigenvalue weighted by Crippen LogP contribution is -2.44. The van der Waals surface area contributed by atoms with E-state index < -0.39 is 22.0 Å². The van der Waals surface area contributed by atoms with Crippen molar-refractivity contribution in [3.8, 4) is 0 Å². The van der Waals surface area contributed by atoms with Crippen LogP contribution in [0.15, 0.2) is 58.2 Å². The zero-order chi connectivity index (χ0) is 22.8. The fraction of sp³-hybridized carbons (Fsp3) is 0.304. The summed E-state index contributed by atoms with van der Waals surface area (Å²) in [4.78, 5) is 27.1. The SMILES string of the molecule is Cc1ccc(C)c(NC(=O)C(CC(C)C)NS(=O)(=O)c2ccc3[nH]c(=O)ccc3c2)c1. The van der Waals surface area contributed by atoms with Gasteiger partial charge in [0.2, 0.25) is 21.5 Å². The van der Waals surface area contributed by atoms with Crippen LogP contribution in [-0.2, 0) is 14.8 Å². The van der Waals surface area contributed by atoms with Crippen LogP contribution in [0.1, 0.15) is 31.4 Å². The summed E-state index contributed by atoms with van der Waals surface area (Å²) in [7, 11) is -3.97. The first-order valence-corrected chi connectivity index (χ1v) is 11.6. The smallest absolute Gasteiger partial charge is 0.248 e. The number of carbonyl (C=O) groups is 1. The van der Waals surface area contributed by atoms with Crippen molar-refractivity contribution in [1.29, 1.82) is 0 Å². The van der Waals surface area contributed by atoms with Crippen molar-refractivity contribution < 1.29 is 13.2 Å². The number of H-pyrrole nitrogens is 1. The number of aryl methyl sites for hydroxylation is 2. The quantitative estimate of drug-likeness (QED) is 0.522. The Kier molecular flexibility index (Phi) is 6.62. The molecule has 7 nitrogen and oxygen atoms in total. The number of amides is 1. The Morgan fingerprint density at radius 3 is 2.48 bits per heavy atom. The van der Waals surface area contributed by atoms with E-state index in [4.69, 9.17) is 0 Å². The summed E-state index contributed by atoms with van der Waals surface area (Å²) >= 11 is 0. The molecule has 164 valence electrons. The number of aromatic nitrogens is 1. The van der Waals surface area contributed by atoms with Gasteiger partial charge in [-0.3, -0.25) is 9.59 Å². The van der Waals surface area contributed by atoms with Gasteiger partial charge in [0.25, 0.3) is 0 Å². The molecule has 0 aliphatic carbocycles. The van der Waals surface area contributed by atoms with Crippen LogP contribution in [0, 0.1) is 19.8 Å². The van der Waals surface area contributed by atoms with E-state index in [0.717, 1.165) is 11.1 Å². The lowest BCUT2D eigenvalue weighted by molar-refractivity contribution is -0.118. The molecule has 3 rings (SSSR count). The monoisotopic (exact) mass is 441 g/mol. The molecular weight excluding hydrogens is 414 g/mol. The Balaban J connectivity index is 1.88. The first-order valence-electron chi connectivity index (χ1n) is 10.1. The third kappa shape index (κ3) is 5.59. The topological polar surface area (TPSA) is 108 Å². The minimum absolute atomic E-state index is 0.0281. The van der Waals surface area contributed by atoms with E-state index >= 15 is 0 Å². The van der Waals surface area contributed by atoms with Crippen molar-refractivity contribution in [2.75, 3.05) is 5.32 Å². The molecule has 0 radical (unpaired) electrons. The molecule has 1 aromatic heterocycles. The Hall–Kier alpha value is -2.97. The maximum absolute atomic E-state index is 13.0. The van der Waals surface area contributed by atoms with Gasteiger partial charge in [0.1, 0.15) is 6.04 Å². The third-order valence-electron chi connectivity index (χ3n) is 4.98. The summed E-state index contributed by atoms with van der Waals surface area (Å²) in [5, 5.41) is 3.45. The summed E-state index contributed by atoms with van der Waals surface area (Å²) in [5.41, 5.74) is 2.83. The molecule has 0 saturated carbocycles. The highest BCUT2D eigenvalue weighted by Crippen LogP contribution is 2.20. The van der Waals surface area contributed by atoms with Gasteiger partial charge in [-0.15, -0.1) is 0 Å². The molecule has 0 aliphatic heterocycles. The number of rotatable bonds is 7. The van der Waals surface area contributed by atoms with E-state index in [2.05, 4.69) is 15.0 Å². The maximum atomic E-state index is 13.0. The van der Waals surface area contributed by atoms with Crippen molar-refractivity contribution >= 4 is 32.5 Å². The lowest BCUT2D eigenvalue weighted by Gasteiger charge is -2.21. The number of aromatic amines is 1. The minimum Gasteiger partial charge on any atom is -0.324 e. The summed E-state index contributed by atoms with van der Waals surface area (Å²) in [6.45, 7) is 7.67. The summed E-state index contributed by atoms with van der Waals surface area (Å²) < 4.78 is 28.7. The number of sulfonamides is 1. The van der Waals surface area contributed by atoms with E-state index in [0.29, 0.717) is 23.0 Å². The maximum Gasteiger partial charge on any atom is 0.248 e. The Bertz CT molecular complexity index is 1280. The molecule has 0 fully saturated rings. The van der Waals surface area contributed by atoms with Crippen LogP contribution in [0.5, 0.6) is 0 Å². The molecular formula is C23H27N3O4S. The van der Waals surface area contributed by atoms with Crippen molar-refractivity contribution in [2.24, 2.45) is 5.92 Å². The van der Waals surface area contributed by atoms with E-state index in [1.165, 1.54) is 18.2 Å². The number of nitrogens with one attached hydrogen (secondary N) is 3. The molecule has 0 spiro atoms. The highest BCUT2D eigenvalue weighted by Gasteiger charge is 2.27. The predicted octanol–water partition coefficient (Wildman–Crippen LogP) is 3.48. The van der Waals surface area contributed by atoms with Crippen molar-refractivity contribution in [2.45, 2.75) is 45.1 Å². The second kappa shape index (κ2) is 9.03. The van der Waals surface area contributed by atoms with Gasteiger partial charge in [0, 0.05) is 17.3 Å². The van der Waals surface area contributed by atoms with E-state index in [-0.39, 0.29) is 16.4 Å². The number of pyridine rings is 1. The molecule has 0 bridgehead atoms. The average molecular weight is 442 g/mol. The standard InChI is InChI=1S/C23H27N3O4S/c1-14(2)11-21(23(28)25-20-12-15(3)5-6-16(20)4)26-31(29,30)18-8-9-19-17(13-18)7-10-22(27)24-19/h5-10,12-14,21,26H,11H2,1-4H3,(H,24,27)(H,25,28). The van der Waals surface area contributed by atoms with Gasteiger partial charge in [-0.1, -0.05) is 26.0 Å². The van der Waals surface area contributed by atoms with E-state index in [1.807, 2.05) is 45.9 Å². The Labute approximate surface area is 181 Å². The van der Waals surface area contributed by atoms with Crippen LogP contribution in [0.3, 0.4) is 0 Å². The molecule has 1 heterocycles. The molecule has 8 heteroatoms. The van der Waals surface area contributed by atoms with E-state index in [9.17, 15) is 18.0 Å². The van der Waals surface area contributed by atoms with Gasteiger partial charge in [-0.2, -0.15) is 4.72 Å². The van der Waals surface area contributed by atoms with Gasteiger partial charge in [-0.05, 0) is 73.0 Å². The predicted molar refractivity (Wildman–Crippen MR) is 123 cm³/mol. The molecule has 0 saturated heterocycles. The summed E-state index contributed by atoms with van der Waals surface area (Å²) in [5.74, 6) is -0.310. The normalized spacial score (nSPS) is 12.8. The van der Waals surface area contributed by atoms with Gasteiger partial charge in [-0.25, -0.2) is 8.42 Å². The first kappa shape index (κ1) is 22.7. The van der Waals surface area contributed by atoms with Crippen LogP contribution >= 0.6 is 0 Å². The average Bonchev–Trinajstić information content (AvgIpc) is 2.69. The first-order chi connectivity index (χ1) is 14.5. The van der Waals surface area contributed by atoms with Crippen LogP contribution in [-0.4, -0.2) is 25.4 Å². The number of hydrogen-bond donors (Lipinski definition) is 3. The third-order valence-corrected chi connectivity index (χ3v) is 6.45. The van der Waals surface area contributed by atoms with Crippen LogP contribution < -0.4 is 15.6 Å². The highest BCUT2D eigenvalue weighted by molar-refractivity contribution is 7.89. The van der Waals surface area contributed by atoms with Gasteiger partial charge in [0.05, 0.1) is 4.90 Å². The fourth-order valence-electron chi connectivity index (χ4n) is 3.33. The lowest BCUT2D eigenvalue weighted by atomic mass is 10.0. The highest BCUT2D eigenvalue weighted by atomic mass is 32.2. The Morgan fingerprint density at radius 2 is 1.77 bits per heavy atom. The molecule has 1 atom stereocenters. The zero-order valence-corrected chi connectivity index (χ0v) is 18.8. The fourth-order valence-corrected chi connectivity index (χ4v) is 4.57. The van der Waals surface area contributed by atoms with Crippen LogP contribution in [0.25, 0.3) is 10.9 Å². The molecule has 31 heavy (non-hydrogen) atoms.